The van der Waals surface area contributed by atoms with Crippen LogP contribution in [0.1, 0.15) is 53.6 Å². The Bertz CT molecular complexity index is 1350. The van der Waals surface area contributed by atoms with Crippen LogP contribution in [0.2, 0.25) is 0 Å². The van der Waals surface area contributed by atoms with Crippen LogP contribution in [0.3, 0.4) is 0 Å². The van der Waals surface area contributed by atoms with Crippen LogP contribution in [0.4, 0.5) is 0 Å². The minimum Gasteiger partial charge on any atom is -0.505 e. The number of aromatic nitrogens is 2. The van der Waals surface area contributed by atoms with E-state index in [-0.39, 0.29) is 11.3 Å². The summed E-state index contributed by atoms with van der Waals surface area (Å²) >= 11 is 0. The maximum Gasteiger partial charge on any atom is 0.337 e. The zero-order valence-electron chi connectivity index (χ0n) is 21.6. The second-order valence-corrected chi connectivity index (χ2v) is 8.96. The van der Waals surface area contributed by atoms with Gasteiger partial charge in [0.25, 0.3) is 11.7 Å². The van der Waals surface area contributed by atoms with E-state index >= 15 is 0 Å². The van der Waals surface area contributed by atoms with Crippen LogP contribution in [0.15, 0.2) is 54.2 Å². The molecule has 0 aliphatic carbocycles. The van der Waals surface area contributed by atoms with Gasteiger partial charge in [-0.05, 0) is 62.8 Å². The molecule has 3 aromatic rings. The minimum absolute atomic E-state index is 0.00686. The molecule has 9 nitrogen and oxygen atoms in total. The number of fused-ring (bicyclic) bond motifs is 1. The van der Waals surface area contributed by atoms with E-state index in [1.54, 1.807) is 53.9 Å². The molecule has 3 heterocycles. The van der Waals surface area contributed by atoms with Gasteiger partial charge in [0.1, 0.15) is 11.3 Å². The Kier molecular flexibility index (Phi) is 7.73. The third-order valence-electron chi connectivity index (χ3n) is 6.88. The van der Waals surface area contributed by atoms with Gasteiger partial charge < -0.3 is 19.6 Å². The molecule has 4 rings (SSSR count). The van der Waals surface area contributed by atoms with Crippen molar-refractivity contribution in [1.29, 1.82) is 0 Å². The topological polar surface area (TPSA) is 104 Å². The lowest BCUT2D eigenvalue weighted by atomic mass is 9.95. The van der Waals surface area contributed by atoms with Gasteiger partial charge in [-0.1, -0.05) is 32.0 Å². The van der Waals surface area contributed by atoms with Crippen LogP contribution in [0.5, 0.6) is 0 Å². The first-order chi connectivity index (χ1) is 17.8. The lowest BCUT2D eigenvalue weighted by Crippen LogP contribution is -2.33. The molecule has 1 aliphatic rings. The normalized spacial score (nSPS) is 17.2. The molecule has 9 heteroatoms. The number of aryl methyl sites for hydroxylation is 1. The Morgan fingerprint density at radius 2 is 1.81 bits per heavy atom. The number of Topliss-reactive ketones (excluding diaryl/α,β-unsaturated/α-hetero) is 1. The third kappa shape index (κ3) is 4.86. The molecule has 194 valence electrons. The number of imidazole rings is 1. The number of hydrogen-bond acceptors (Lipinski definition) is 7. The van der Waals surface area contributed by atoms with Gasteiger partial charge in [0.2, 0.25) is 0 Å². The van der Waals surface area contributed by atoms with Crippen LogP contribution >= 0.6 is 0 Å². The van der Waals surface area contributed by atoms with Gasteiger partial charge in [-0.3, -0.25) is 14.0 Å². The number of ether oxygens (including phenoxy) is 1. The minimum atomic E-state index is -0.808. The first kappa shape index (κ1) is 26.1. The zero-order valence-corrected chi connectivity index (χ0v) is 21.6. The van der Waals surface area contributed by atoms with Gasteiger partial charge in [-0.15, -0.1) is 0 Å². The van der Waals surface area contributed by atoms with Crippen LogP contribution in [-0.2, 0) is 14.3 Å². The van der Waals surface area contributed by atoms with Crippen molar-refractivity contribution in [1.82, 2.24) is 19.2 Å². The first-order valence-corrected chi connectivity index (χ1v) is 12.4. The summed E-state index contributed by atoms with van der Waals surface area (Å²) in [5.41, 5.74) is 2.50. The number of aliphatic hydroxyl groups is 1. The maximum absolute atomic E-state index is 13.4. The molecular weight excluding hydrogens is 472 g/mol. The number of benzene rings is 1. The standard InChI is InChI=1S/C28H32N4O5/c1-5-30(6-2)15-9-17-32-24(19-11-13-20(14-12-19)28(36)37-4)22(26(34)27(32)35)25(33)23-18(3)29-21-10-7-8-16-31(21)23/h7-8,10-14,16,24,33H,5-6,9,15,17H2,1-4H3/t24-/m1/s1. The molecule has 1 atom stereocenters. The molecule has 1 saturated heterocycles. The molecular formula is C28H32N4O5. The van der Waals surface area contributed by atoms with E-state index in [0.29, 0.717) is 41.1 Å². The highest BCUT2D eigenvalue weighted by Gasteiger charge is 2.46. The van der Waals surface area contributed by atoms with Crippen LogP contribution in [-0.4, -0.2) is 75.2 Å². The predicted molar refractivity (Wildman–Crippen MR) is 139 cm³/mol. The highest BCUT2D eigenvalue weighted by Crippen LogP contribution is 2.40. The summed E-state index contributed by atoms with van der Waals surface area (Å²) < 4.78 is 6.50. The van der Waals surface area contributed by atoms with E-state index < -0.39 is 23.7 Å². The number of rotatable bonds is 9. The van der Waals surface area contributed by atoms with E-state index in [1.807, 2.05) is 6.07 Å². The summed E-state index contributed by atoms with van der Waals surface area (Å²) in [6.45, 7) is 8.81. The van der Waals surface area contributed by atoms with E-state index in [2.05, 4.69) is 23.7 Å². The number of pyridine rings is 1. The highest BCUT2D eigenvalue weighted by atomic mass is 16.5. The van der Waals surface area contributed by atoms with E-state index in [0.717, 1.165) is 19.6 Å². The van der Waals surface area contributed by atoms with Crippen molar-refractivity contribution < 1.29 is 24.2 Å². The summed E-state index contributed by atoms with van der Waals surface area (Å²) in [7, 11) is 1.30. The Morgan fingerprint density at radius 1 is 1.11 bits per heavy atom. The molecule has 2 aromatic heterocycles. The fourth-order valence-corrected chi connectivity index (χ4v) is 4.91. The summed E-state index contributed by atoms with van der Waals surface area (Å²) in [6.07, 6.45) is 2.42. The number of ketones is 1. The number of amides is 1. The number of aliphatic hydroxyl groups excluding tert-OH is 1. The molecule has 0 bridgehead atoms. The van der Waals surface area contributed by atoms with Crippen molar-refractivity contribution in [2.45, 2.75) is 33.2 Å². The molecule has 0 unspecified atom stereocenters. The van der Waals surface area contributed by atoms with Crippen molar-refractivity contribution in [3.05, 3.63) is 76.7 Å². The average Bonchev–Trinajstić information content (AvgIpc) is 3.38. The number of nitrogens with zero attached hydrogens (tertiary/aromatic N) is 4. The van der Waals surface area contributed by atoms with E-state index in [1.165, 1.54) is 12.0 Å². The summed E-state index contributed by atoms with van der Waals surface area (Å²) in [6, 6.07) is 11.2. The molecule has 37 heavy (non-hydrogen) atoms. The van der Waals surface area contributed by atoms with Crippen molar-refractivity contribution in [2.75, 3.05) is 33.3 Å². The highest BCUT2D eigenvalue weighted by molar-refractivity contribution is 6.46. The summed E-state index contributed by atoms with van der Waals surface area (Å²) in [5, 5.41) is 11.5. The van der Waals surface area contributed by atoms with Gasteiger partial charge >= 0.3 is 5.97 Å². The predicted octanol–water partition coefficient (Wildman–Crippen LogP) is 3.58. The lowest BCUT2D eigenvalue weighted by molar-refractivity contribution is -0.140. The first-order valence-electron chi connectivity index (χ1n) is 12.4. The SMILES string of the molecule is CCN(CC)CCCN1C(=O)C(=O)C(=C(O)c2c(C)nc3ccccn23)[C@H]1c1ccc(C(=O)OC)cc1. The Hall–Kier alpha value is -3.98. The molecule has 1 fully saturated rings. The maximum atomic E-state index is 13.4. The summed E-state index contributed by atoms with van der Waals surface area (Å²) in [4.78, 5) is 46.9. The summed E-state index contributed by atoms with van der Waals surface area (Å²) in [5.74, 6) is -2.16. The second-order valence-electron chi connectivity index (χ2n) is 8.96. The molecule has 0 radical (unpaired) electrons. The van der Waals surface area contributed by atoms with Crippen LogP contribution in [0.25, 0.3) is 11.4 Å². The smallest absolute Gasteiger partial charge is 0.337 e. The average molecular weight is 505 g/mol. The van der Waals surface area contributed by atoms with Gasteiger partial charge in [0.15, 0.2) is 5.76 Å². The van der Waals surface area contributed by atoms with Gasteiger partial charge in [-0.2, -0.15) is 0 Å². The molecule has 1 aliphatic heterocycles. The monoisotopic (exact) mass is 504 g/mol. The number of esters is 1. The Balaban J connectivity index is 1.82. The number of carbonyl (C=O) groups is 3. The fourth-order valence-electron chi connectivity index (χ4n) is 4.91. The van der Waals surface area contributed by atoms with Gasteiger partial charge in [0.05, 0.1) is 30.0 Å². The molecule has 1 aromatic carbocycles. The van der Waals surface area contributed by atoms with E-state index in [9.17, 15) is 19.5 Å². The van der Waals surface area contributed by atoms with Crippen molar-refractivity contribution in [2.24, 2.45) is 0 Å². The van der Waals surface area contributed by atoms with Gasteiger partial charge in [-0.25, -0.2) is 9.78 Å². The second kappa shape index (κ2) is 11.0. The number of methoxy groups -OCH3 is 1. The lowest BCUT2D eigenvalue weighted by Gasteiger charge is -2.27. The largest absolute Gasteiger partial charge is 0.505 e. The zero-order chi connectivity index (χ0) is 26.7. The fraction of sp³-hybridized carbons (Fsp3) is 0.357. The third-order valence-corrected chi connectivity index (χ3v) is 6.88. The Labute approximate surface area is 216 Å². The number of carbonyl (C=O) groups excluding carboxylic acids is 3. The van der Waals surface area contributed by atoms with Crippen LogP contribution < -0.4 is 0 Å². The molecule has 1 N–H and O–H groups in total. The van der Waals surface area contributed by atoms with Crippen molar-refractivity contribution >= 4 is 29.1 Å². The van der Waals surface area contributed by atoms with Crippen molar-refractivity contribution in [3.8, 4) is 0 Å². The van der Waals surface area contributed by atoms with Crippen LogP contribution in [0, 0.1) is 6.92 Å². The Morgan fingerprint density at radius 3 is 2.46 bits per heavy atom. The number of hydrogen-bond donors (Lipinski definition) is 1. The van der Waals surface area contributed by atoms with Gasteiger partial charge in [0, 0.05) is 12.7 Å². The quantitative estimate of drug-likeness (QED) is 0.206. The van der Waals surface area contributed by atoms with Crippen molar-refractivity contribution in [3.63, 3.8) is 0 Å². The number of likely N-dealkylation sites (tertiary alicyclic amines) is 1. The van der Waals surface area contributed by atoms with E-state index in [4.69, 9.17) is 4.74 Å². The molecule has 0 spiro atoms. The molecule has 1 amide bonds. The molecule has 0 saturated carbocycles.